The molecule has 1 rings (SSSR count). The lowest BCUT2D eigenvalue weighted by Crippen LogP contribution is -2.36. The summed E-state index contributed by atoms with van der Waals surface area (Å²) in [5, 5.41) is 10.0. The van der Waals surface area contributed by atoms with Crippen LogP contribution in [0.2, 0.25) is 0 Å². The molecule has 0 unspecified atom stereocenters. The van der Waals surface area contributed by atoms with Crippen molar-refractivity contribution in [3.05, 3.63) is 0 Å². The van der Waals surface area contributed by atoms with Gasteiger partial charge in [-0.2, -0.15) is 0 Å². The Kier molecular flexibility index (Phi) is 4.35. The summed E-state index contributed by atoms with van der Waals surface area (Å²) >= 11 is 0. The van der Waals surface area contributed by atoms with Crippen molar-refractivity contribution in [1.82, 2.24) is 0 Å². The lowest BCUT2D eigenvalue weighted by atomic mass is 9.89. The van der Waals surface area contributed by atoms with Crippen molar-refractivity contribution in [3.63, 3.8) is 0 Å². The average molecular weight is 202 g/mol. The minimum absolute atomic E-state index is 0.229. The lowest BCUT2D eigenvalue weighted by Gasteiger charge is -2.31. The van der Waals surface area contributed by atoms with Crippen molar-refractivity contribution in [2.45, 2.75) is 38.2 Å². The molecule has 82 valence electrons. The molecule has 0 bridgehead atoms. The van der Waals surface area contributed by atoms with Crippen LogP contribution in [0.1, 0.15) is 32.6 Å². The molecule has 0 aromatic heterocycles. The Morgan fingerprint density at radius 1 is 1.50 bits per heavy atom. The third-order valence-corrected chi connectivity index (χ3v) is 2.52. The van der Waals surface area contributed by atoms with Crippen molar-refractivity contribution < 1.29 is 19.4 Å². The molecule has 1 aliphatic heterocycles. The van der Waals surface area contributed by atoms with E-state index in [9.17, 15) is 9.90 Å². The quantitative estimate of drug-likeness (QED) is 0.687. The molecule has 0 radical (unpaired) electrons. The van der Waals surface area contributed by atoms with Gasteiger partial charge in [0.2, 0.25) is 0 Å². The Bertz CT molecular complexity index is 185. The third-order valence-electron chi connectivity index (χ3n) is 2.52. The van der Waals surface area contributed by atoms with Crippen molar-refractivity contribution in [1.29, 1.82) is 0 Å². The van der Waals surface area contributed by atoms with E-state index >= 15 is 0 Å². The number of hydrogen-bond acceptors (Lipinski definition) is 4. The van der Waals surface area contributed by atoms with Crippen LogP contribution in [0.5, 0.6) is 0 Å². The van der Waals surface area contributed by atoms with Crippen molar-refractivity contribution in [2.24, 2.45) is 0 Å². The highest BCUT2D eigenvalue weighted by Gasteiger charge is 2.30. The SMILES string of the molecule is CCOC(=O)CCC1(O)CCOCC1. The Hall–Kier alpha value is -0.610. The van der Waals surface area contributed by atoms with Gasteiger partial charge in [0.05, 0.1) is 12.2 Å². The largest absolute Gasteiger partial charge is 0.466 e. The third kappa shape index (κ3) is 3.64. The fraction of sp³-hybridized carbons (Fsp3) is 0.900. The van der Waals surface area contributed by atoms with Gasteiger partial charge in [0.25, 0.3) is 0 Å². The number of carbonyl (C=O) groups excluding carboxylic acids is 1. The van der Waals surface area contributed by atoms with Gasteiger partial charge in [-0.15, -0.1) is 0 Å². The first-order chi connectivity index (χ1) is 6.66. The molecule has 0 amide bonds. The molecule has 1 N–H and O–H groups in total. The summed E-state index contributed by atoms with van der Waals surface area (Å²) in [6.07, 6.45) is 2.01. The maximum atomic E-state index is 11.1. The van der Waals surface area contributed by atoms with Gasteiger partial charge in [-0.3, -0.25) is 4.79 Å². The molecular formula is C10H18O4. The maximum Gasteiger partial charge on any atom is 0.305 e. The van der Waals surface area contributed by atoms with Crippen LogP contribution in [0, 0.1) is 0 Å². The second-order valence-electron chi connectivity index (χ2n) is 3.64. The second-order valence-corrected chi connectivity index (χ2v) is 3.64. The fourth-order valence-electron chi connectivity index (χ4n) is 1.57. The molecule has 1 saturated heterocycles. The van der Waals surface area contributed by atoms with E-state index in [1.165, 1.54) is 0 Å². The van der Waals surface area contributed by atoms with Gasteiger partial charge in [-0.05, 0) is 26.2 Å². The summed E-state index contributed by atoms with van der Waals surface area (Å²) in [4.78, 5) is 11.1. The van der Waals surface area contributed by atoms with Crippen LogP contribution in [0.4, 0.5) is 0 Å². The second kappa shape index (κ2) is 5.32. The standard InChI is InChI=1S/C10H18O4/c1-2-14-9(11)3-4-10(12)5-7-13-8-6-10/h12H,2-8H2,1H3. The highest BCUT2D eigenvalue weighted by Crippen LogP contribution is 2.25. The first-order valence-electron chi connectivity index (χ1n) is 5.12. The van der Waals surface area contributed by atoms with E-state index in [2.05, 4.69) is 0 Å². The van der Waals surface area contributed by atoms with Gasteiger partial charge >= 0.3 is 5.97 Å². The molecule has 4 nitrogen and oxygen atoms in total. The molecule has 14 heavy (non-hydrogen) atoms. The summed E-state index contributed by atoms with van der Waals surface area (Å²) in [6.45, 7) is 3.35. The highest BCUT2D eigenvalue weighted by atomic mass is 16.5. The first-order valence-corrected chi connectivity index (χ1v) is 5.12. The van der Waals surface area contributed by atoms with Crippen LogP contribution in [-0.4, -0.2) is 36.5 Å². The molecule has 1 heterocycles. The summed E-state index contributed by atoms with van der Waals surface area (Å²) in [5.74, 6) is -0.229. The van der Waals surface area contributed by atoms with Crippen molar-refractivity contribution in [3.8, 4) is 0 Å². The first kappa shape index (κ1) is 11.5. The number of hydrogen-bond donors (Lipinski definition) is 1. The Morgan fingerprint density at radius 3 is 2.71 bits per heavy atom. The minimum atomic E-state index is -0.717. The van der Waals surface area contributed by atoms with E-state index < -0.39 is 5.60 Å². The normalized spacial score (nSPS) is 20.4. The molecule has 0 saturated carbocycles. The summed E-state index contributed by atoms with van der Waals surface area (Å²) in [6, 6.07) is 0. The topological polar surface area (TPSA) is 55.8 Å². The lowest BCUT2D eigenvalue weighted by molar-refractivity contribution is -0.145. The van der Waals surface area contributed by atoms with Gasteiger partial charge < -0.3 is 14.6 Å². The predicted octanol–water partition coefficient (Wildman–Crippen LogP) is 0.871. The summed E-state index contributed by atoms with van der Waals surface area (Å²) in [5.41, 5.74) is -0.717. The Balaban J connectivity index is 2.24. The van der Waals surface area contributed by atoms with Gasteiger partial charge in [-0.25, -0.2) is 0 Å². The zero-order chi connectivity index (χ0) is 10.4. The molecule has 0 atom stereocenters. The van der Waals surface area contributed by atoms with E-state index in [1.807, 2.05) is 0 Å². The smallest absolute Gasteiger partial charge is 0.305 e. The van der Waals surface area contributed by atoms with Gasteiger partial charge in [0, 0.05) is 19.6 Å². The van der Waals surface area contributed by atoms with Crippen LogP contribution in [0.15, 0.2) is 0 Å². The van der Waals surface area contributed by atoms with E-state index in [0.29, 0.717) is 45.5 Å². The van der Waals surface area contributed by atoms with E-state index in [1.54, 1.807) is 6.92 Å². The number of aliphatic hydroxyl groups is 1. The molecule has 0 aliphatic carbocycles. The average Bonchev–Trinajstić information content (AvgIpc) is 2.17. The fourth-order valence-corrected chi connectivity index (χ4v) is 1.57. The van der Waals surface area contributed by atoms with Crippen molar-refractivity contribution in [2.75, 3.05) is 19.8 Å². The van der Waals surface area contributed by atoms with Crippen LogP contribution in [-0.2, 0) is 14.3 Å². The molecule has 1 fully saturated rings. The number of rotatable bonds is 4. The van der Waals surface area contributed by atoms with Crippen LogP contribution in [0.25, 0.3) is 0 Å². The highest BCUT2D eigenvalue weighted by molar-refractivity contribution is 5.69. The molecule has 0 spiro atoms. The zero-order valence-electron chi connectivity index (χ0n) is 8.62. The number of esters is 1. The van der Waals surface area contributed by atoms with Gasteiger partial charge in [-0.1, -0.05) is 0 Å². The molecule has 0 aromatic carbocycles. The maximum absolute atomic E-state index is 11.1. The minimum Gasteiger partial charge on any atom is -0.466 e. The summed E-state index contributed by atoms with van der Waals surface area (Å²) in [7, 11) is 0. The molecule has 1 aliphatic rings. The van der Waals surface area contributed by atoms with E-state index in [-0.39, 0.29) is 5.97 Å². The molecule has 4 heteroatoms. The molecule has 0 aromatic rings. The van der Waals surface area contributed by atoms with Crippen LogP contribution < -0.4 is 0 Å². The zero-order valence-corrected chi connectivity index (χ0v) is 8.62. The van der Waals surface area contributed by atoms with Gasteiger partial charge in [0.1, 0.15) is 0 Å². The number of carbonyl (C=O) groups is 1. The summed E-state index contributed by atoms with van der Waals surface area (Å²) < 4.78 is 9.94. The van der Waals surface area contributed by atoms with E-state index in [4.69, 9.17) is 9.47 Å². The number of ether oxygens (including phenoxy) is 2. The Morgan fingerprint density at radius 2 is 2.14 bits per heavy atom. The van der Waals surface area contributed by atoms with Crippen molar-refractivity contribution >= 4 is 5.97 Å². The van der Waals surface area contributed by atoms with Crippen LogP contribution in [0.3, 0.4) is 0 Å². The monoisotopic (exact) mass is 202 g/mol. The molecular weight excluding hydrogens is 184 g/mol. The van der Waals surface area contributed by atoms with E-state index in [0.717, 1.165) is 0 Å². The van der Waals surface area contributed by atoms with Gasteiger partial charge in [0.15, 0.2) is 0 Å². The predicted molar refractivity (Wildman–Crippen MR) is 50.9 cm³/mol. The Labute approximate surface area is 84.2 Å². The van der Waals surface area contributed by atoms with Crippen LogP contribution >= 0.6 is 0 Å².